The normalized spacial score (nSPS) is 12.8. The van der Waals surface area contributed by atoms with Crippen molar-refractivity contribution in [2.24, 2.45) is 0 Å². The Labute approximate surface area is 80.6 Å². The molecule has 1 rings (SSSR count). The van der Waals surface area contributed by atoms with Crippen molar-refractivity contribution in [2.45, 2.75) is 18.1 Å². The Hall–Kier alpha value is -0.480. The molecule has 1 aromatic rings. The van der Waals surface area contributed by atoms with Crippen molar-refractivity contribution in [1.82, 2.24) is 0 Å². The van der Waals surface area contributed by atoms with Gasteiger partial charge < -0.3 is 5.11 Å². The van der Waals surface area contributed by atoms with Gasteiger partial charge in [0, 0.05) is 10.1 Å². The van der Waals surface area contributed by atoms with E-state index in [1.807, 2.05) is 17.5 Å². The third-order valence-electron chi connectivity index (χ3n) is 1.43. The van der Waals surface area contributed by atoms with Gasteiger partial charge in [0.2, 0.25) is 0 Å². The highest BCUT2D eigenvalue weighted by Gasteiger charge is 2.09. The second kappa shape index (κ2) is 4.52. The minimum absolute atomic E-state index is 0.0684. The smallest absolute Gasteiger partial charge is 0.304 e. The minimum atomic E-state index is -0.786. The molecule has 0 saturated heterocycles. The maximum absolute atomic E-state index is 10.3. The van der Waals surface area contributed by atoms with Crippen molar-refractivity contribution >= 4 is 29.9 Å². The van der Waals surface area contributed by atoms with Crippen molar-refractivity contribution in [3.63, 3.8) is 0 Å². The van der Waals surface area contributed by atoms with Crippen LogP contribution in [0.15, 0.2) is 17.5 Å². The number of hydrogen-bond acceptors (Lipinski definition) is 3. The third kappa shape index (κ3) is 3.28. The molecule has 1 atom stereocenters. The van der Waals surface area contributed by atoms with Crippen LogP contribution in [0.5, 0.6) is 0 Å². The lowest BCUT2D eigenvalue weighted by Gasteiger charge is -2.04. The average molecular weight is 202 g/mol. The van der Waals surface area contributed by atoms with Gasteiger partial charge in [-0.2, -0.15) is 12.6 Å². The number of thiol groups is 1. The van der Waals surface area contributed by atoms with Crippen LogP contribution in [-0.2, 0) is 11.2 Å². The van der Waals surface area contributed by atoms with Crippen molar-refractivity contribution < 1.29 is 9.90 Å². The first-order valence-corrected chi connectivity index (χ1v) is 5.00. The molecule has 4 heteroatoms. The van der Waals surface area contributed by atoms with Gasteiger partial charge in [0.15, 0.2) is 0 Å². The molecule has 2 nitrogen and oxygen atoms in total. The summed E-state index contributed by atoms with van der Waals surface area (Å²) in [5.74, 6) is -0.786. The van der Waals surface area contributed by atoms with Gasteiger partial charge >= 0.3 is 5.97 Å². The van der Waals surface area contributed by atoms with Gasteiger partial charge in [0.25, 0.3) is 0 Å². The Morgan fingerprint density at radius 2 is 2.50 bits per heavy atom. The lowest BCUT2D eigenvalue weighted by Crippen LogP contribution is -2.09. The van der Waals surface area contributed by atoms with Gasteiger partial charge in [-0.15, -0.1) is 11.3 Å². The van der Waals surface area contributed by atoms with Crippen LogP contribution in [-0.4, -0.2) is 16.3 Å². The first kappa shape index (κ1) is 9.61. The van der Waals surface area contributed by atoms with E-state index in [0.29, 0.717) is 0 Å². The molecule has 0 saturated carbocycles. The lowest BCUT2D eigenvalue weighted by atomic mass is 10.2. The van der Waals surface area contributed by atoms with E-state index >= 15 is 0 Å². The fraction of sp³-hybridized carbons (Fsp3) is 0.375. The molecular weight excluding hydrogens is 192 g/mol. The van der Waals surface area contributed by atoms with Gasteiger partial charge in [-0.25, -0.2) is 0 Å². The molecule has 0 amide bonds. The van der Waals surface area contributed by atoms with Crippen molar-refractivity contribution in [2.75, 3.05) is 0 Å². The number of rotatable bonds is 4. The van der Waals surface area contributed by atoms with E-state index in [2.05, 4.69) is 12.6 Å². The monoisotopic (exact) mass is 202 g/mol. The van der Waals surface area contributed by atoms with E-state index in [4.69, 9.17) is 5.11 Å². The predicted molar refractivity (Wildman–Crippen MR) is 53.0 cm³/mol. The second-order valence-electron chi connectivity index (χ2n) is 2.54. The summed E-state index contributed by atoms with van der Waals surface area (Å²) in [6.45, 7) is 0. The molecule has 1 heterocycles. The van der Waals surface area contributed by atoms with E-state index in [0.717, 1.165) is 6.42 Å². The first-order valence-electron chi connectivity index (χ1n) is 3.60. The van der Waals surface area contributed by atoms with Gasteiger partial charge in [-0.05, 0) is 17.9 Å². The fourth-order valence-corrected chi connectivity index (χ4v) is 2.20. The first-order chi connectivity index (χ1) is 5.68. The fourth-order valence-electron chi connectivity index (χ4n) is 0.935. The van der Waals surface area contributed by atoms with Crippen LogP contribution in [0.4, 0.5) is 0 Å². The van der Waals surface area contributed by atoms with Crippen LogP contribution in [0.2, 0.25) is 0 Å². The Kier molecular flexibility index (Phi) is 3.62. The molecule has 0 aliphatic rings. The summed E-state index contributed by atoms with van der Waals surface area (Å²) >= 11 is 5.82. The van der Waals surface area contributed by atoms with Gasteiger partial charge in [0.1, 0.15) is 0 Å². The third-order valence-corrected chi connectivity index (χ3v) is 2.69. The van der Waals surface area contributed by atoms with Crippen molar-refractivity contribution in [3.8, 4) is 0 Å². The number of thiophene rings is 1. The Morgan fingerprint density at radius 1 is 1.75 bits per heavy atom. The molecular formula is C8H10O2S2. The largest absolute Gasteiger partial charge is 0.481 e. The van der Waals surface area contributed by atoms with Crippen molar-refractivity contribution in [3.05, 3.63) is 22.4 Å². The van der Waals surface area contributed by atoms with Crippen molar-refractivity contribution in [1.29, 1.82) is 0 Å². The summed E-state index contributed by atoms with van der Waals surface area (Å²) in [6.07, 6.45) is 0.869. The summed E-state index contributed by atoms with van der Waals surface area (Å²) in [7, 11) is 0. The SMILES string of the molecule is O=C(O)CC(S)Cc1cccs1. The lowest BCUT2D eigenvalue weighted by molar-refractivity contribution is -0.136. The van der Waals surface area contributed by atoms with Gasteiger partial charge in [-0.1, -0.05) is 6.07 Å². The van der Waals surface area contributed by atoms with E-state index in [9.17, 15) is 4.79 Å². The van der Waals surface area contributed by atoms with Crippen LogP contribution in [0, 0.1) is 0 Å². The Morgan fingerprint density at radius 3 is 3.00 bits per heavy atom. The highest BCUT2D eigenvalue weighted by atomic mass is 32.1. The molecule has 12 heavy (non-hydrogen) atoms. The number of hydrogen-bond donors (Lipinski definition) is 2. The van der Waals surface area contributed by atoms with E-state index in [1.54, 1.807) is 11.3 Å². The summed E-state index contributed by atoms with van der Waals surface area (Å²) in [5, 5.41) is 10.4. The summed E-state index contributed by atoms with van der Waals surface area (Å²) in [5.41, 5.74) is 0. The van der Waals surface area contributed by atoms with Gasteiger partial charge in [0.05, 0.1) is 6.42 Å². The highest BCUT2D eigenvalue weighted by Crippen LogP contribution is 2.15. The molecule has 0 aromatic carbocycles. The molecule has 0 fully saturated rings. The molecule has 66 valence electrons. The zero-order valence-corrected chi connectivity index (χ0v) is 8.15. The van der Waals surface area contributed by atoms with Crippen LogP contribution < -0.4 is 0 Å². The zero-order chi connectivity index (χ0) is 8.97. The molecule has 0 radical (unpaired) electrons. The summed E-state index contributed by atoms with van der Waals surface area (Å²) in [4.78, 5) is 11.5. The predicted octanol–water partition coefficient (Wildman–Crippen LogP) is 2.06. The standard InChI is InChI=1S/C8H10O2S2/c9-8(10)5-6(11)4-7-2-1-3-12-7/h1-3,6,11H,4-5H2,(H,9,10). The van der Waals surface area contributed by atoms with Crippen LogP contribution in [0.1, 0.15) is 11.3 Å². The maximum Gasteiger partial charge on any atom is 0.304 e. The summed E-state index contributed by atoms with van der Waals surface area (Å²) < 4.78 is 0. The molecule has 0 spiro atoms. The molecule has 0 aliphatic carbocycles. The van der Waals surface area contributed by atoms with Crippen LogP contribution >= 0.6 is 24.0 Å². The zero-order valence-electron chi connectivity index (χ0n) is 6.43. The molecule has 1 aromatic heterocycles. The quantitative estimate of drug-likeness (QED) is 0.733. The Balaban J connectivity index is 2.36. The molecule has 0 bridgehead atoms. The summed E-state index contributed by atoms with van der Waals surface area (Å²) in [6, 6.07) is 3.96. The highest BCUT2D eigenvalue weighted by molar-refractivity contribution is 7.81. The van der Waals surface area contributed by atoms with E-state index < -0.39 is 5.97 Å². The molecule has 1 unspecified atom stereocenters. The molecule has 1 N–H and O–H groups in total. The van der Waals surface area contributed by atoms with E-state index in [-0.39, 0.29) is 11.7 Å². The second-order valence-corrected chi connectivity index (χ2v) is 4.30. The van der Waals surface area contributed by atoms with E-state index in [1.165, 1.54) is 4.88 Å². The maximum atomic E-state index is 10.3. The number of carboxylic acid groups (broad SMARTS) is 1. The number of aliphatic carboxylic acids is 1. The van der Waals surface area contributed by atoms with Crippen LogP contribution in [0.3, 0.4) is 0 Å². The van der Waals surface area contributed by atoms with Gasteiger partial charge in [-0.3, -0.25) is 4.79 Å². The topological polar surface area (TPSA) is 37.3 Å². The number of carbonyl (C=O) groups is 1. The number of carboxylic acids is 1. The minimum Gasteiger partial charge on any atom is -0.481 e. The van der Waals surface area contributed by atoms with Crippen LogP contribution in [0.25, 0.3) is 0 Å². The molecule has 0 aliphatic heterocycles. The average Bonchev–Trinajstić information content (AvgIpc) is 2.37. The Bertz CT molecular complexity index is 244.